The Morgan fingerprint density at radius 2 is 1.96 bits per heavy atom. The summed E-state index contributed by atoms with van der Waals surface area (Å²) < 4.78 is 11.3. The summed E-state index contributed by atoms with van der Waals surface area (Å²) in [5.41, 5.74) is 1.13. The number of benzene rings is 1. The molecule has 5 nitrogen and oxygen atoms in total. The van der Waals surface area contributed by atoms with E-state index in [4.69, 9.17) is 9.47 Å². The second kappa shape index (κ2) is 9.77. The maximum atomic E-state index is 11.9. The van der Waals surface area contributed by atoms with Gasteiger partial charge in [0, 0.05) is 32.1 Å². The first-order valence-electron chi connectivity index (χ1n) is 8.82. The summed E-state index contributed by atoms with van der Waals surface area (Å²) in [6.07, 6.45) is 0.895. The maximum absolute atomic E-state index is 11.9. The van der Waals surface area contributed by atoms with Crippen molar-refractivity contribution < 1.29 is 14.3 Å². The SMILES string of the molecule is C[C@@H]1CN([C@H](C)CNC(=O)CCOCc2ccccc2)C[C@@H](C)O1. The molecule has 0 bridgehead atoms. The van der Waals surface area contributed by atoms with Gasteiger partial charge in [0.05, 0.1) is 25.4 Å². The number of carbonyl (C=O) groups is 1. The van der Waals surface area contributed by atoms with Gasteiger partial charge in [-0.25, -0.2) is 0 Å². The normalized spacial score (nSPS) is 23.0. The molecule has 1 aliphatic rings. The number of carbonyl (C=O) groups excluding carboxylic acids is 1. The molecule has 0 aromatic heterocycles. The summed E-state index contributed by atoms with van der Waals surface area (Å²) in [7, 11) is 0. The van der Waals surface area contributed by atoms with Crippen LogP contribution in [-0.2, 0) is 20.9 Å². The third kappa shape index (κ3) is 6.59. The lowest BCUT2D eigenvalue weighted by atomic mass is 10.1. The van der Waals surface area contributed by atoms with E-state index in [0.29, 0.717) is 32.2 Å². The van der Waals surface area contributed by atoms with Crippen molar-refractivity contribution in [1.82, 2.24) is 10.2 Å². The molecule has 1 N–H and O–H groups in total. The Bertz CT molecular complexity index is 485. The van der Waals surface area contributed by atoms with Gasteiger partial charge in [-0.15, -0.1) is 0 Å². The quantitative estimate of drug-likeness (QED) is 0.741. The molecule has 0 aliphatic carbocycles. The highest BCUT2D eigenvalue weighted by Crippen LogP contribution is 2.13. The van der Waals surface area contributed by atoms with E-state index in [9.17, 15) is 4.79 Å². The number of amides is 1. The lowest BCUT2D eigenvalue weighted by Crippen LogP contribution is -2.52. The van der Waals surface area contributed by atoms with Gasteiger partial charge in [-0.2, -0.15) is 0 Å². The van der Waals surface area contributed by atoms with Gasteiger partial charge in [0.15, 0.2) is 0 Å². The molecule has 0 unspecified atom stereocenters. The van der Waals surface area contributed by atoms with Crippen LogP contribution in [0.25, 0.3) is 0 Å². The Balaban J connectivity index is 1.58. The molecule has 1 aliphatic heterocycles. The molecule has 2 rings (SSSR count). The molecule has 24 heavy (non-hydrogen) atoms. The molecule has 134 valence electrons. The molecule has 5 heteroatoms. The fraction of sp³-hybridized carbons (Fsp3) is 0.632. The first kappa shape index (κ1) is 18.9. The van der Waals surface area contributed by atoms with Crippen molar-refractivity contribution in [2.45, 2.75) is 52.0 Å². The van der Waals surface area contributed by atoms with Gasteiger partial charge < -0.3 is 14.8 Å². The number of ether oxygens (including phenoxy) is 2. The summed E-state index contributed by atoms with van der Waals surface area (Å²) in [6, 6.07) is 10.3. The fourth-order valence-electron chi connectivity index (χ4n) is 2.99. The van der Waals surface area contributed by atoms with Crippen LogP contribution >= 0.6 is 0 Å². The van der Waals surface area contributed by atoms with Gasteiger partial charge in [0.2, 0.25) is 5.91 Å². The Hall–Kier alpha value is -1.43. The van der Waals surface area contributed by atoms with E-state index in [1.54, 1.807) is 0 Å². The van der Waals surface area contributed by atoms with E-state index in [1.165, 1.54) is 0 Å². The highest BCUT2D eigenvalue weighted by atomic mass is 16.5. The van der Waals surface area contributed by atoms with Crippen LogP contribution < -0.4 is 5.32 Å². The van der Waals surface area contributed by atoms with Crippen molar-refractivity contribution in [2.75, 3.05) is 26.2 Å². The molecule has 1 amide bonds. The Morgan fingerprint density at radius 1 is 1.29 bits per heavy atom. The van der Waals surface area contributed by atoms with Gasteiger partial charge in [-0.05, 0) is 26.3 Å². The summed E-state index contributed by atoms with van der Waals surface area (Å²) in [4.78, 5) is 14.3. The van der Waals surface area contributed by atoms with Crippen LogP contribution in [0.3, 0.4) is 0 Å². The summed E-state index contributed by atoms with van der Waals surface area (Å²) in [6.45, 7) is 9.84. The van der Waals surface area contributed by atoms with E-state index in [-0.39, 0.29) is 18.1 Å². The minimum Gasteiger partial charge on any atom is -0.376 e. The number of hydrogen-bond donors (Lipinski definition) is 1. The van der Waals surface area contributed by atoms with Crippen LogP contribution in [0.5, 0.6) is 0 Å². The Labute approximate surface area is 145 Å². The van der Waals surface area contributed by atoms with Crippen LogP contribution in [-0.4, -0.2) is 55.3 Å². The molecule has 1 fully saturated rings. The van der Waals surface area contributed by atoms with Crippen molar-refractivity contribution in [3.05, 3.63) is 35.9 Å². The smallest absolute Gasteiger partial charge is 0.222 e. The van der Waals surface area contributed by atoms with E-state index in [0.717, 1.165) is 18.7 Å². The van der Waals surface area contributed by atoms with E-state index in [2.05, 4.69) is 31.0 Å². The highest BCUT2D eigenvalue weighted by Gasteiger charge is 2.25. The number of nitrogens with zero attached hydrogens (tertiary/aromatic N) is 1. The van der Waals surface area contributed by atoms with Gasteiger partial charge >= 0.3 is 0 Å². The summed E-state index contributed by atoms with van der Waals surface area (Å²) >= 11 is 0. The number of nitrogens with one attached hydrogen (secondary N) is 1. The lowest BCUT2D eigenvalue weighted by Gasteiger charge is -2.39. The molecule has 1 aromatic carbocycles. The predicted molar refractivity (Wildman–Crippen MR) is 94.8 cm³/mol. The summed E-state index contributed by atoms with van der Waals surface area (Å²) in [5, 5.41) is 3.01. The third-order valence-electron chi connectivity index (χ3n) is 4.25. The van der Waals surface area contributed by atoms with Gasteiger partial charge in [0.1, 0.15) is 0 Å². The molecule has 0 radical (unpaired) electrons. The zero-order chi connectivity index (χ0) is 17.4. The second-order valence-corrected chi connectivity index (χ2v) is 6.65. The van der Waals surface area contributed by atoms with Crippen molar-refractivity contribution in [2.24, 2.45) is 0 Å². The first-order valence-corrected chi connectivity index (χ1v) is 8.82. The molecule has 3 atom stereocenters. The van der Waals surface area contributed by atoms with E-state index >= 15 is 0 Å². The zero-order valence-electron chi connectivity index (χ0n) is 15.0. The number of rotatable bonds is 8. The Morgan fingerprint density at radius 3 is 2.62 bits per heavy atom. The van der Waals surface area contributed by atoms with E-state index in [1.807, 2.05) is 30.3 Å². The predicted octanol–water partition coefficient (Wildman–Crippen LogP) is 2.21. The summed E-state index contributed by atoms with van der Waals surface area (Å²) in [5.74, 6) is 0.0456. The largest absolute Gasteiger partial charge is 0.376 e. The zero-order valence-corrected chi connectivity index (χ0v) is 15.0. The van der Waals surface area contributed by atoms with Crippen molar-refractivity contribution in [1.29, 1.82) is 0 Å². The molecule has 1 saturated heterocycles. The molecular weight excluding hydrogens is 304 g/mol. The molecular formula is C19H30N2O3. The van der Waals surface area contributed by atoms with Crippen molar-refractivity contribution >= 4 is 5.91 Å². The number of hydrogen-bond acceptors (Lipinski definition) is 4. The second-order valence-electron chi connectivity index (χ2n) is 6.65. The lowest BCUT2D eigenvalue weighted by molar-refractivity contribution is -0.122. The Kier molecular flexibility index (Phi) is 7.69. The van der Waals surface area contributed by atoms with Crippen LogP contribution in [0.2, 0.25) is 0 Å². The van der Waals surface area contributed by atoms with Gasteiger partial charge in [-0.1, -0.05) is 30.3 Å². The minimum absolute atomic E-state index is 0.0456. The molecule has 1 aromatic rings. The minimum atomic E-state index is 0.0456. The molecule has 0 saturated carbocycles. The van der Waals surface area contributed by atoms with Crippen molar-refractivity contribution in [3.8, 4) is 0 Å². The third-order valence-corrected chi connectivity index (χ3v) is 4.25. The highest BCUT2D eigenvalue weighted by molar-refractivity contribution is 5.75. The average Bonchev–Trinajstić information content (AvgIpc) is 2.56. The number of morpholine rings is 1. The van der Waals surface area contributed by atoms with Crippen LogP contribution in [0, 0.1) is 0 Å². The average molecular weight is 334 g/mol. The van der Waals surface area contributed by atoms with Gasteiger partial charge in [-0.3, -0.25) is 9.69 Å². The monoisotopic (exact) mass is 334 g/mol. The van der Waals surface area contributed by atoms with Crippen LogP contribution in [0.1, 0.15) is 32.8 Å². The molecule has 0 spiro atoms. The topological polar surface area (TPSA) is 50.8 Å². The van der Waals surface area contributed by atoms with Crippen LogP contribution in [0.15, 0.2) is 30.3 Å². The fourth-order valence-corrected chi connectivity index (χ4v) is 2.99. The van der Waals surface area contributed by atoms with Crippen molar-refractivity contribution in [3.63, 3.8) is 0 Å². The molecule has 1 heterocycles. The standard InChI is InChI=1S/C19H30N2O3/c1-15(21-12-16(2)24-17(3)13-21)11-20-19(22)9-10-23-14-18-7-5-4-6-8-18/h4-8,15-17H,9-14H2,1-3H3,(H,20,22)/t15-,16-,17-/m1/s1. The van der Waals surface area contributed by atoms with E-state index < -0.39 is 0 Å². The van der Waals surface area contributed by atoms with Gasteiger partial charge in [0.25, 0.3) is 0 Å². The van der Waals surface area contributed by atoms with Crippen LogP contribution in [0.4, 0.5) is 0 Å². The first-order chi connectivity index (χ1) is 11.5. The maximum Gasteiger partial charge on any atom is 0.222 e.